The molecule has 3 heterocycles. The summed E-state index contributed by atoms with van der Waals surface area (Å²) in [7, 11) is 0. The quantitative estimate of drug-likeness (QED) is 0.647. The zero-order valence-corrected chi connectivity index (χ0v) is 18.8. The summed E-state index contributed by atoms with van der Waals surface area (Å²) in [6, 6.07) is 8.36. The lowest BCUT2D eigenvalue weighted by molar-refractivity contribution is -0.132. The number of aryl methyl sites for hydroxylation is 2. The third-order valence-electron chi connectivity index (χ3n) is 6.31. The van der Waals surface area contributed by atoms with Crippen LogP contribution < -0.4 is 4.90 Å². The second-order valence-corrected chi connectivity index (χ2v) is 9.18. The number of benzene rings is 1. The predicted octanol–water partition coefficient (Wildman–Crippen LogP) is 3.61. The second-order valence-electron chi connectivity index (χ2n) is 9.18. The van der Waals surface area contributed by atoms with E-state index in [4.69, 9.17) is 15.1 Å². The van der Waals surface area contributed by atoms with Gasteiger partial charge in [-0.3, -0.25) is 4.79 Å². The molecule has 0 spiro atoms. The van der Waals surface area contributed by atoms with Crippen molar-refractivity contribution in [3.05, 3.63) is 41.3 Å². The number of hydrogen-bond donors (Lipinski definition) is 0. The first-order chi connectivity index (χ1) is 14.9. The number of carbonyl (C=O) groups excluding carboxylic acids is 1. The number of anilines is 1. The van der Waals surface area contributed by atoms with Crippen molar-refractivity contribution in [2.75, 3.05) is 31.1 Å². The Bertz CT molecular complexity index is 1120. The summed E-state index contributed by atoms with van der Waals surface area (Å²) < 4.78 is 1.94. The Morgan fingerprint density at radius 2 is 1.68 bits per heavy atom. The van der Waals surface area contributed by atoms with Crippen molar-refractivity contribution in [1.82, 2.24) is 24.6 Å². The molecule has 2 aromatic heterocycles. The first kappa shape index (κ1) is 20.0. The van der Waals surface area contributed by atoms with Gasteiger partial charge in [0, 0.05) is 38.0 Å². The highest BCUT2D eigenvalue weighted by Crippen LogP contribution is 2.33. The van der Waals surface area contributed by atoms with Crippen molar-refractivity contribution in [3.63, 3.8) is 0 Å². The minimum Gasteiger partial charge on any atom is -0.352 e. The summed E-state index contributed by atoms with van der Waals surface area (Å²) in [5.41, 5.74) is 4.00. The minimum absolute atomic E-state index is 0.211. The van der Waals surface area contributed by atoms with Crippen LogP contribution in [-0.2, 0) is 4.79 Å². The molecule has 0 atom stereocenters. The number of nitrogens with zero attached hydrogens (tertiary/aromatic N) is 6. The highest BCUT2D eigenvalue weighted by molar-refractivity contribution is 5.91. The molecule has 31 heavy (non-hydrogen) atoms. The Kier molecular flexibility index (Phi) is 4.91. The van der Waals surface area contributed by atoms with Crippen LogP contribution >= 0.6 is 0 Å². The summed E-state index contributed by atoms with van der Waals surface area (Å²) in [6.45, 7) is 11.4. The molecule has 0 bridgehead atoms. The molecule has 7 heteroatoms. The van der Waals surface area contributed by atoms with Crippen LogP contribution in [0.25, 0.3) is 16.7 Å². The Morgan fingerprint density at radius 1 is 1.00 bits per heavy atom. The molecule has 1 saturated heterocycles. The average molecular weight is 419 g/mol. The van der Waals surface area contributed by atoms with Gasteiger partial charge in [0.1, 0.15) is 11.6 Å². The molecule has 7 nitrogen and oxygen atoms in total. The van der Waals surface area contributed by atoms with Crippen LogP contribution in [0.15, 0.2) is 24.3 Å². The van der Waals surface area contributed by atoms with E-state index in [9.17, 15) is 4.79 Å². The molecule has 1 aliphatic heterocycles. The molecule has 0 N–H and O–H groups in total. The molecule has 1 saturated carbocycles. The Hall–Kier alpha value is -2.96. The van der Waals surface area contributed by atoms with Gasteiger partial charge in [0.25, 0.3) is 0 Å². The smallest absolute Gasteiger partial charge is 0.225 e. The number of fused-ring (bicyclic) bond motifs is 1. The monoisotopic (exact) mass is 418 g/mol. The molecule has 1 aromatic carbocycles. The molecule has 5 rings (SSSR count). The maximum atomic E-state index is 12.5. The summed E-state index contributed by atoms with van der Waals surface area (Å²) >= 11 is 0. The third kappa shape index (κ3) is 3.66. The lowest BCUT2D eigenvalue weighted by atomic mass is 10.2. The first-order valence-electron chi connectivity index (χ1n) is 11.3. The highest BCUT2D eigenvalue weighted by atomic mass is 16.2. The van der Waals surface area contributed by atoms with E-state index in [-0.39, 0.29) is 11.8 Å². The SMILES string of the molecule is Cc1ccc(-n2nc(C)c3c(N4CCN(C(=O)C5CC5)CC4)nc(C(C)C)nc32)cc1. The van der Waals surface area contributed by atoms with Gasteiger partial charge in [-0.25, -0.2) is 14.6 Å². The van der Waals surface area contributed by atoms with Crippen LogP contribution in [0.5, 0.6) is 0 Å². The zero-order valence-electron chi connectivity index (χ0n) is 18.8. The van der Waals surface area contributed by atoms with E-state index in [1.54, 1.807) is 0 Å². The fourth-order valence-corrected chi connectivity index (χ4v) is 4.26. The van der Waals surface area contributed by atoms with Crippen LogP contribution in [0, 0.1) is 19.8 Å². The normalized spacial score (nSPS) is 17.1. The maximum Gasteiger partial charge on any atom is 0.225 e. The van der Waals surface area contributed by atoms with E-state index >= 15 is 0 Å². The van der Waals surface area contributed by atoms with Gasteiger partial charge >= 0.3 is 0 Å². The summed E-state index contributed by atoms with van der Waals surface area (Å²) in [5, 5.41) is 5.85. The van der Waals surface area contributed by atoms with Crippen molar-refractivity contribution >= 4 is 22.8 Å². The highest BCUT2D eigenvalue weighted by Gasteiger charge is 2.35. The molecule has 0 radical (unpaired) electrons. The second kappa shape index (κ2) is 7.62. The molecule has 162 valence electrons. The summed E-state index contributed by atoms with van der Waals surface area (Å²) in [5.74, 6) is 2.59. The van der Waals surface area contributed by atoms with E-state index in [0.717, 1.165) is 73.1 Å². The van der Waals surface area contributed by atoms with Crippen molar-refractivity contribution in [2.24, 2.45) is 5.92 Å². The first-order valence-corrected chi connectivity index (χ1v) is 11.3. The van der Waals surface area contributed by atoms with Gasteiger partial charge < -0.3 is 9.80 Å². The maximum absolute atomic E-state index is 12.5. The lowest BCUT2D eigenvalue weighted by Gasteiger charge is -2.36. The minimum atomic E-state index is 0.211. The molecular weight excluding hydrogens is 388 g/mol. The van der Waals surface area contributed by atoms with E-state index < -0.39 is 0 Å². The van der Waals surface area contributed by atoms with Crippen LogP contribution in [-0.4, -0.2) is 56.7 Å². The average Bonchev–Trinajstić information content (AvgIpc) is 3.57. The van der Waals surface area contributed by atoms with Gasteiger partial charge in [-0.15, -0.1) is 0 Å². The number of carbonyl (C=O) groups is 1. The molecule has 0 unspecified atom stereocenters. The largest absolute Gasteiger partial charge is 0.352 e. The molecular formula is C24H30N6O. The Balaban J connectivity index is 1.54. The number of rotatable bonds is 4. The van der Waals surface area contributed by atoms with E-state index in [0.29, 0.717) is 5.91 Å². The molecule has 3 aromatic rings. The Morgan fingerprint density at radius 3 is 2.29 bits per heavy atom. The molecule has 1 amide bonds. The molecule has 2 aliphatic rings. The number of piperazine rings is 1. The van der Waals surface area contributed by atoms with Crippen molar-refractivity contribution in [3.8, 4) is 5.69 Å². The van der Waals surface area contributed by atoms with Crippen molar-refractivity contribution < 1.29 is 4.79 Å². The molecule has 2 fully saturated rings. The van der Waals surface area contributed by atoms with Crippen LogP contribution in [0.3, 0.4) is 0 Å². The predicted molar refractivity (Wildman–Crippen MR) is 122 cm³/mol. The van der Waals surface area contributed by atoms with Gasteiger partial charge in [-0.2, -0.15) is 5.10 Å². The number of aromatic nitrogens is 4. The van der Waals surface area contributed by atoms with Crippen molar-refractivity contribution in [1.29, 1.82) is 0 Å². The summed E-state index contributed by atoms with van der Waals surface area (Å²) in [4.78, 5) is 26.7. The van der Waals surface area contributed by atoms with Crippen molar-refractivity contribution in [2.45, 2.75) is 46.5 Å². The zero-order chi connectivity index (χ0) is 21.7. The van der Waals surface area contributed by atoms with Gasteiger partial charge in [-0.05, 0) is 38.8 Å². The van der Waals surface area contributed by atoms with Gasteiger partial charge in [0.15, 0.2) is 5.65 Å². The van der Waals surface area contributed by atoms with Gasteiger partial charge in [-0.1, -0.05) is 31.5 Å². The van der Waals surface area contributed by atoms with E-state index in [1.165, 1.54) is 5.56 Å². The van der Waals surface area contributed by atoms with Crippen LogP contribution in [0.1, 0.15) is 49.7 Å². The van der Waals surface area contributed by atoms with E-state index in [2.05, 4.69) is 49.9 Å². The number of amides is 1. The topological polar surface area (TPSA) is 67.2 Å². The fourth-order valence-electron chi connectivity index (χ4n) is 4.26. The standard InChI is InChI=1S/C24H30N6O/c1-15(2)21-25-22(28-11-13-29(14-12-28)24(31)18-7-8-18)20-17(4)27-30(23(20)26-21)19-9-5-16(3)6-10-19/h5-6,9-10,15,18H,7-8,11-14H2,1-4H3. The summed E-state index contributed by atoms with van der Waals surface area (Å²) in [6.07, 6.45) is 2.11. The van der Waals surface area contributed by atoms with E-state index in [1.807, 2.05) is 16.5 Å². The van der Waals surface area contributed by atoms with Crippen LogP contribution in [0.4, 0.5) is 5.82 Å². The third-order valence-corrected chi connectivity index (χ3v) is 6.31. The van der Waals surface area contributed by atoms with Gasteiger partial charge in [0.2, 0.25) is 5.91 Å². The Labute approximate surface area is 183 Å². The lowest BCUT2D eigenvalue weighted by Crippen LogP contribution is -2.49. The molecule has 1 aliphatic carbocycles. The fraction of sp³-hybridized carbons (Fsp3) is 0.500. The van der Waals surface area contributed by atoms with Crippen LogP contribution in [0.2, 0.25) is 0 Å². The number of hydrogen-bond acceptors (Lipinski definition) is 5. The van der Waals surface area contributed by atoms with Gasteiger partial charge in [0.05, 0.1) is 16.8 Å².